The molecule has 1 unspecified atom stereocenters. The number of alkyl halides is 3. The summed E-state index contributed by atoms with van der Waals surface area (Å²) >= 11 is 0. The van der Waals surface area contributed by atoms with Crippen LogP contribution in [0.5, 0.6) is 5.75 Å². The molecule has 0 aliphatic carbocycles. The fourth-order valence-corrected chi connectivity index (χ4v) is 2.00. The molecule has 1 aliphatic heterocycles. The molecule has 1 N–H and O–H groups in total. The zero-order chi connectivity index (χ0) is 14.8. The van der Waals surface area contributed by atoms with E-state index < -0.39 is 23.3 Å². The Labute approximate surface area is 113 Å². The minimum Gasteiger partial charge on any atom is -0.491 e. The maximum absolute atomic E-state index is 12.8. The molecule has 1 fully saturated rings. The molecule has 7 heteroatoms. The number of hydrogen-bond acceptors (Lipinski definition) is 3. The van der Waals surface area contributed by atoms with Crippen LogP contribution in [0, 0.1) is 0 Å². The first-order valence-corrected chi connectivity index (χ1v) is 6.07. The third-order valence-corrected chi connectivity index (χ3v) is 2.99. The van der Waals surface area contributed by atoms with Crippen LogP contribution in [0.1, 0.15) is 28.8 Å². The average Bonchev–Trinajstić information content (AvgIpc) is 2.88. The molecule has 0 radical (unpaired) electrons. The molecule has 1 aromatic carbocycles. The van der Waals surface area contributed by atoms with Crippen LogP contribution in [0.3, 0.4) is 0 Å². The summed E-state index contributed by atoms with van der Waals surface area (Å²) in [6.07, 6.45) is -3.15. The minimum atomic E-state index is -4.74. The third kappa shape index (κ3) is 3.41. The van der Waals surface area contributed by atoms with Crippen LogP contribution in [0.15, 0.2) is 18.2 Å². The molecule has 0 saturated carbocycles. The van der Waals surface area contributed by atoms with Crippen molar-refractivity contribution in [3.63, 3.8) is 0 Å². The Kier molecular flexibility index (Phi) is 4.17. The quantitative estimate of drug-likeness (QED) is 0.926. The van der Waals surface area contributed by atoms with Crippen molar-refractivity contribution >= 4 is 5.97 Å². The largest absolute Gasteiger partial charge is 0.491 e. The summed E-state index contributed by atoms with van der Waals surface area (Å²) in [4.78, 5) is 10.8. The van der Waals surface area contributed by atoms with Crippen LogP contribution in [0.2, 0.25) is 0 Å². The van der Waals surface area contributed by atoms with Crippen LogP contribution in [0.25, 0.3) is 0 Å². The standard InChI is InChI=1S/C13H13F3O4/c14-13(15,16)11-6-8(3-4-10(11)12(17)18)20-7-9-2-1-5-19-9/h3-4,6,9H,1-2,5,7H2,(H,17,18). The Morgan fingerprint density at radius 1 is 1.45 bits per heavy atom. The lowest BCUT2D eigenvalue weighted by molar-refractivity contribution is -0.138. The monoisotopic (exact) mass is 290 g/mol. The van der Waals surface area contributed by atoms with Gasteiger partial charge in [0.1, 0.15) is 12.4 Å². The Morgan fingerprint density at radius 3 is 2.75 bits per heavy atom. The zero-order valence-corrected chi connectivity index (χ0v) is 10.4. The first kappa shape index (κ1) is 14.6. The lowest BCUT2D eigenvalue weighted by atomic mass is 10.1. The maximum atomic E-state index is 12.8. The van der Waals surface area contributed by atoms with Gasteiger partial charge < -0.3 is 14.6 Å². The summed E-state index contributed by atoms with van der Waals surface area (Å²) in [7, 11) is 0. The molecule has 0 amide bonds. The van der Waals surface area contributed by atoms with Gasteiger partial charge in [0.05, 0.1) is 17.2 Å². The van der Waals surface area contributed by atoms with Crippen molar-refractivity contribution in [2.24, 2.45) is 0 Å². The van der Waals surface area contributed by atoms with Crippen LogP contribution in [-0.4, -0.2) is 30.4 Å². The SMILES string of the molecule is O=C(O)c1ccc(OCC2CCCO2)cc1C(F)(F)F. The summed E-state index contributed by atoms with van der Waals surface area (Å²) in [5.74, 6) is -1.64. The lowest BCUT2D eigenvalue weighted by Crippen LogP contribution is -2.17. The summed E-state index contributed by atoms with van der Waals surface area (Å²) in [6.45, 7) is 0.781. The van der Waals surface area contributed by atoms with E-state index in [1.165, 1.54) is 6.07 Å². The van der Waals surface area contributed by atoms with Gasteiger partial charge in [-0.15, -0.1) is 0 Å². The highest BCUT2D eigenvalue weighted by molar-refractivity contribution is 5.89. The number of carbonyl (C=O) groups is 1. The van der Waals surface area contributed by atoms with Crippen molar-refractivity contribution in [1.82, 2.24) is 0 Å². The molecule has 2 rings (SSSR count). The Hall–Kier alpha value is -1.76. The van der Waals surface area contributed by atoms with E-state index in [2.05, 4.69) is 0 Å². The molecule has 1 heterocycles. The highest BCUT2D eigenvalue weighted by Crippen LogP contribution is 2.34. The molecular formula is C13H13F3O4. The second-order valence-corrected chi connectivity index (χ2v) is 4.46. The average molecular weight is 290 g/mol. The fourth-order valence-electron chi connectivity index (χ4n) is 2.00. The molecule has 0 aromatic heterocycles. The maximum Gasteiger partial charge on any atom is 0.417 e. The lowest BCUT2D eigenvalue weighted by Gasteiger charge is -2.14. The van der Waals surface area contributed by atoms with Crippen molar-refractivity contribution < 1.29 is 32.5 Å². The molecule has 1 aromatic rings. The Morgan fingerprint density at radius 2 is 2.20 bits per heavy atom. The van der Waals surface area contributed by atoms with Gasteiger partial charge in [-0.25, -0.2) is 4.79 Å². The topological polar surface area (TPSA) is 55.8 Å². The van der Waals surface area contributed by atoms with E-state index in [0.29, 0.717) is 12.7 Å². The van der Waals surface area contributed by atoms with Crippen LogP contribution >= 0.6 is 0 Å². The van der Waals surface area contributed by atoms with Crippen LogP contribution in [0.4, 0.5) is 13.2 Å². The molecular weight excluding hydrogens is 277 g/mol. The Balaban J connectivity index is 2.16. The molecule has 0 spiro atoms. The van der Waals surface area contributed by atoms with Gasteiger partial charge in [-0.3, -0.25) is 0 Å². The molecule has 0 bridgehead atoms. The number of benzene rings is 1. The van der Waals surface area contributed by atoms with Crippen LogP contribution < -0.4 is 4.74 Å². The number of carboxylic acids is 1. The predicted octanol–water partition coefficient (Wildman–Crippen LogP) is 2.96. The van der Waals surface area contributed by atoms with Gasteiger partial charge in [-0.05, 0) is 31.0 Å². The molecule has 110 valence electrons. The first-order valence-electron chi connectivity index (χ1n) is 6.07. The molecule has 1 aliphatic rings. The van der Waals surface area contributed by atoms with Crippen molar-refractivity contribution in [2.75, 3.05) is 13.2 Å². The van der Waals surface area contributed by atoms with Crippen molar-refractivity contribution in [3.8, 4) is 5.75 Å². The van der Waals surface area contributed by atoms with E-state index in [1.54, 1.807) is 0 Å². The van der Waals surface area contributed by atoms with Gasteiger partial charge in [0.25, 0.3) is 0 Å². The highest BCUT2D eigenvalue weighted by atomic mass is 19.4. The Bertz CT molecular complexity index is 493. The number of carboxylic acid groups (broad SMARTS) is 1. The zero-order valence-electron chi connectivity index (χ0n) is 10.4. The van der Waals surface area contributed by atoms with Gasteiger partial charge in [0.2, 0.25) is 0 Å². The van der Waals surface area contributed by atoms with Crippen molar-refractivity contribution in [1.29, 1.82) is 0 Å². The summed E-state index contributed by atoms with van der Waals surface area (Å²) in [5, 5.41) is 8.76. The van der Waals surface area contributed by atoms with Crippen LogP contribution in [-0.2, 0) is 10.9 Å². The number of halogens is 3. The second kappa shape index (κ2) is 5.70. The highest BCUT2D eigenvalue weighted by Gasteiger charge is 2.35. The van der Waals surface area contributed by atoms with Crippen molar-refractivity contribution in [2.45, 2.75) is 25.1 Å². The summed E-state index contributed by atoms with van der Waals surface area (Å²) in [6, 6.07) is 2.82. The smallest absolute Gasteiger partial charge is 0.417 e. The second-order valence-electron chi connectivity index (χ2n) is 4.46. The number of rotatable bonds is 4. The molecule has 1 saturated heterocycles. The van der Waals surface area contributed by atoms with Gasteiger partial charge in [-0.2, -0.15) is 13.2 Å². The minimum absolute atomic E-state index is 0.0159. The third-order valence-electron chi connectivity index (χ3n) is 2.99. The first-order chi connectivity index (χ1) is 9.38. The van der Waals surface area contributed by atoms with Gasteiger partial charge in [0.15, 0.2) is 0 Å². The van der Waals surface area contributed by atoms with E-state index in [9.17, 15) is 18.0 Å². The van der Waals surface area contributed by atoms with E-state index in [0.717, 1.165) is 18.9 Å². The van der Waals surface area contributed by atoms with E-state index >= 15 is 0 Å². The summed E-state index contributed by atoms with van der Waals surface area (Å²) in [5.41, 5.74) is -2.00. The predicted molar refractivity (Wildman–Crippen MR) is 62.9 cm³/mol. The number of ether oxygens (including phenoxy) is 2. The fraction of sp³-hybridized carbons (Fsp3) is 0.462. The normalized spacial score (nSPS) is 19.1. The number of aromatic carboxylic acids is 1. The summed E-state index contributed by atoms with van der Waals surface area (Å²) < 4.78 is 48.9. The molecule has 4 nitrogen and oxygen atoms in total. The number of hydrogen-bond donors (Lipinski definition) is 1. The van der Waals surface area contributed by atoms with Crippen molar-refractivity contribution in [3.05, 3.63) is 29.3 Å². The van der Waals surface area contributed by atoms with E-state index in [4.69, 9.17) is 14.6 Å². The molecule has 1 atom stereocenters. The van der Waals surface area contributed by atoms with Gasteiger partial charge in [-0.1, -0.05) is 0 Å². The molecule has 20 heavy (non-hydrogen) atoms. The van der Waals surface area contributed by atoms with E-state index in [1.807, 2.05) is 0 Å². The van der Waals surface area contributed by atoms with E-state index in [-0.39, 0.29) is 18.5 Å². The van der Waals surface area contributed by atoms with Gasteiger partial charge in [0, 0.05) is 6.61 Å². The van der Waals surface area contributed by atoms with Gasteiger partial charge >= 0.3 is 12.1 Å².